The summed E-state index contributed by atoms with van der Waals surface area (Å²) in [6.45, 7) is 2.46. The molecule has 1 aliphatic rings. The molecule has 0 bridgehead atoms. The van der Waals surface area contributed by atoms with E-state index in [9.17, 15) is 0 Å². The van der Waals surface area contributed by atoms with Crippen LogP contribution in [0.5, 0.6) is 11.5 Å². The SMILES string of the molecule is COc1ccc(C2NC(=S)N(Cc3ccco3)C(C)=C2c2nc(-c3ccccc3)no2)cc1OC. The molecule has 0 amide bonds. The first-order valence-corrected chi connectivity index (χ1v) is 11.4. The monoisotopic (exact) mass is 488 g/mol. The highest BCUT2D eigenvalue weighted by atomic mass is 32.1. The Hall–Kier alpha value is -4.11. The molecule has 0 aliphatic carbocycles. The lowest BCUT2D eigenvalue weighted by molar-refractivity contribution is 0.354. The summed E-state index contributed by atoms with van der Waals surface area (Å²) in [5, 5.41) is 8.25. The third-order valence-electron chi connectivity index (χ3n) is 5.92. The highest BCUT2D eigenvalue weighted by molar-refractivity contribution is 7.80. The number of aromatic nitrogens is 2. The van der Waals surface area contributed by atoms with Gasteiger partial charge in [0.1, 0.15) is 5.76 Å². The van der Waals surface area contributed by atoms with E-state index in [1.165, 1.54) is 0 Å². The quantitative estimate of drug-likeness (QED) is 0.352. The number of nitrogens with one attached hydrogen (secondary N) is 1. The van der Waals surface area contributed by atoms with Gasteiger partial charge in [-0.25, -0.2) is 0 Å². The Morgan fingerprint density at radius 2 is 1.83 bits per heavy atom. The number of hydrogen-bond donors (Lipinski definition) is 1. The summed E-state index contributed by atoms with van der Waals surface area (Å²) >= 11 is 5.77. The summed E-state index contributed by atoms with van der Waals surface area (Å²) in [5.74, 6) is 2.95. The summed E-state index contributed by atoms with van der Waals surface area (Å²) in [7, 11) is 3.22. The van der Waals surface area contributed by atoms with Crippen LogP contribution in [-0.4, -0.2) is 34.4 Å². The number of furan rings is 1. The van der Waals surface area contributed by atoms with E-state index in [0.29, 0.717) is 34.9 Å². The van der Waals surface area contributed by atoms with E-state index in [0.717, 1.165) is 28.2 Å². The summed E-state index contributed by atoms with van der Waals surface area (Å²) < 4.78 is 22.3. The van der Waals surface area contributed by atoms with E-state index < -0.39 is 0 Å². The minimum absolute atomic E-state index is 0.348. The van der Waals surface area contributed by atoms with Crippen LogP contribution < -0.4 is 14.8 Å². The lowest BCUT2D eigenvalue weighted by atomic mass is 9.94. The molecule has 1 aliphatic heterocycles. The average Bonchev–Trinajstić information content (AvgIpc) is 3.59. The summed E-state index contributed by atoms with van der Waals surface area (Å²) in [6.07, 6.45) is 1.65. The molecule has 2 aromatic carbocycles. The summed E-state index contributed by atoms with van der Waals surface area (Å²) in [4.78, 5) is 6.70. The van der Waals surface area contributed by atoms with E-state index in [4.69, 9.17) is 35.6 Å². The van der Waals surface area contributed by atoms with Crippen molar-refractivity contribution in [2.24, 2.45) is 0 Å². The molecule has 178 valence electrons. The standard InChI is InChI=1S/C26H24N4O4S/c1-16-22(25-28-24(29-34-25)17-8-5-4-6-9-17)23(18-11-12-20(31-2)21(14-18)32-3)27-26(35)30(16)15-19-10-7-13-33-19/h4-14,23H,15H2,1-3H3,(H,27,35). The zero-order valence-corrected chi connectivity index (χ0v) is 20.3. The minimum Gasteiger partial charge on any atom is -0.493 e. The van der Waals surface area contributed by atoms with Crippen molar-refractivity contribution in [1.82, 2.24) is 20.4 Å². The number of benzene rings is 2. The van der Waals surface area contributed by atoms with Gasteiger partial charge in [0.15, 0.2) is 16.6 Å². The predicted molar refractivity (Wildman–Crippen MR) is 135 cm³/mol. The Labute approximate surface area is 208 Å². The Balaban J connectivity index is 1.62. The maximum atomic E-state index is 5.79. The van der Waals surface area contributed by atoms with Crippen LogP contribution in [-0.2, 0) is 6.54 Å². The van der Waals surface area contributed by atoms with E-state index in [2.05, 4.69) is 10.5 Å². The molecular weight excluding hydrogens is 464 g/mol. The fourth-order valence-electron chi connectivity index (χ4n) is 4.13. The van der Waals surface area contributed by atoms with Crippen LogP contribution in [0.3, 0.4) is 0 Å². The molecular formula is C26H24N4O4S. The van der Waals surface area contributed by atoms with Gasteiger partial charge in [-0.05, 0) is 49.0 Å². The van der Waals surface area contributed by atoms with Crippen molar-refractivity contribution in [3.8, 4) is 22.9 Å². The van der Waals surface area contributed by atoms with Crippen LogP contribution in [0.25, 0.3) is 17.0 Å². The molecule has 4 aromatic rings. The molecule has 0 saturated carbocycles. The predicted octanol–water partition coefficient (Wildman–Crippen LogP) is 5.21. The lowest BCUT2D eigenvalue weighted by Gasteiger charge is -2.37. The van der Waals surface area contributed by atoms with Gasteiger partial charge in [0, 0.05) is 11.3 Å². The average molecular weight is 489 g/mol. The van der Waals surface area contributed by atoms with E-state index in [1.54, 1.807) is 20.5 Å². The Kier molecular flexibility index (Phi) is 6.24. The van der Waals surface area contributed by atoms with Crippen molar-refractivity contribution in [1.29, 1.82) is 0 Å². The van der Waals surface area contributed by atoms with Gasteiger partial charge in [-0.2, -0.15) is 4.98 Å². The Morgan fingerprint density at radius 1 is 1.03 bits per heavy atom. The van der Waals surface area contributed by atoms with Crippen molar-refractivity contribution in [3.63, 3.8) is 0 Å². The Morgan fingerprint density at radius 3 is 2.54 bits per heavy atom. The topological polar surface area (TPSA) is 85.8 Å². The molecule has 0 spiro atoms. The molecule has 1 unspecified atom stereocenters. The largest absolute Gasteiger partial charge is 0.493 e. The van der Waals surface area contributed by atoms with Gasteiger partial charge < -0.3 is 28.6 Å². The number of thiocarbonyl (C=S) groups is 1. The molecule has 2 aromatic heterocycles. The maximum Gasteiger partial charge on any atom is 0.258 e. The fourth-order valence-corrected chi connectivity index (χ4v) is 4.45. The summed E-state index contributed by atoms with van der Waals surface area (Å²) in [5.41, 5.74) is 3.48. The molecule has 0 radical (unpaired) electrons. The molecule has 8 nitrogen and oxygen atoms in total. The smallest absolute Gasteiger partial charge is 0.258 e. The van der Waals surface area contributed by atoms with E-state index in [1.807, 2.05) is 72.5 Å². The summed E-state index contributed by atoms with van der Waals surface area (Å²) in [6, 6.07) is 18.9. The van der Waals surface area contributed by atoms with Crippen molar-refractivity contribution >= 4 is 22.9 Å². The van der Waals surface area contributed by atoms with Crippen LogP contribution in [0.4, 0.5) is 0 Å². The zero-order valence-electron chi connectivity index (χ0n) is 19.5. The minimum atomic E-state index is -0.348. The van der Waals surface area contributed by atoms with Crippen LogP contribution in [0.15, 0.2) is 81.6 Å². The number of allylic oxidation sites excluding steroid dienone is 1. The molecule has 3 heterocycles. The highest BCUT2D eigenvalue weighted by Gasteiger charge is 2.35. The van der Waals surface area contributed by atoms with Crippen molar-refractivity contribution in [2.75, 3.05) is 14.2 Å². The van der Waals surface area contributed by atoms with Crippen molar-refractivity contribution in [2.45, 2.75) is 19.5 Å². The molecule has 1 atom stereocenters. The molecule has 35 heavy (non-hydrogen) atoms. The first kappa shape index (κ1) is 22.7. The van der Waals surface area contributed by atoms with Gasteiger partial charge in [-0.3, -0.25) is 0 Å². The molecule has 9 heteroatoms. The number of rotatable bonds is 7. The number of ether oxygens (including phenoxy) is 2. The first-order chi connectivity index (χ1) is 17.1. The number of hydrogen-bond acceptors (Lipinski definition) is 7. The van der Waals surface area contributed by atoms with Gasteiger partial charge in [-0.1, -0.05) is 41.6 Å². The fraction of sp³-hybridized carbons (Fsp3) is 0.192. The van der Waals surface area contributed by atoms with Crippen LogP contribution in [0.1, 0.15) is 30.2 Å². The van der Waals surface area contributed by atoms with Gasteiger partial charge in [0.05, 0.1) is 38.6 Å². The van der Waals surface area contributed by atoms with E-state index >= 15 is 0 Å². The molecule has 0 fully saturated rings. The van der Waals surface area contributed by atoms with Crippen LogP contribution in [0, 0.1) is 0 Å². The third-order valence-corrected chi connectivity index (χ3v) is 6.26. The van der Waals surface area contributed by atoms with Gasteiger partial charge in [0.25, 0.3) is 5.89 Å². The number of nitrogens with zero attached hydrogens (tertiary/aromatic N) is 3. The molecule has 5 rings (SSSR count). The first-order valence-electron chi connectivity index (χ1n) is 11.0. The molecule has 0 saturated heterocycles. The molecule has 1 N–H and O–H groups in total. The normalized spacial score (nSPS) is 15.8. The lowest BCUT2D eigenvalue weighted by Crippen LogP contribution is -2.45. The van der Waals surface area contributed by atoms with Crippen LogP contribution in [0.2, 0.25) is 0 Å². The Bertz CT molecular complexity index is 1370. The second kappa shape index (κ2) is 9.63. The van der Waals surface area contributed by atoms with Crippen LogP contribution >= 0.6 is 12.2 Å². The highest BCUT2D eigenvalue weighted by Crippen LogP contribution is 2.40. The van der Waals surface area contributed by atoms with E-state index in [-0.39, 0.29) is 6.04 Å². The van der Waals surface area contributed by atoms with Crippen molar-refractivity contribution in [3.05, 3.63) is 89.8 Å². The number of methoxy groups -OCH3 is 2. The second-order valence-corrected chi connectivity index (χ2v) is 8.34. The second-order valence-electron chi connectivity index (χ2n) is 7.95. The van der Waals surface area contributed by atoms with Gasteiger partial charge in [0.2, 0.25) is 5.82 Å². The maximum absolute atomic E-state index is 5.79. The van der Waals surface area contributed by atoms with Crippen molar-refractivity contribution < 1.29 is 18.4 Å². The zero-order chi connectivity index (χ0) is 24.4. The van der Waals surface area contributed by atoms with Gasteiger partial charge in [-0.15, -0.1) is 0 Å². The third kappa shape index (κ3) is 4.38. The van der Waals surface area contributed by atoms with Gasteiger partial charge >= 0.3 is 0 Å².